The van der Waals surface area contributed by atoms with Gasteiger partial charge in [0.15, 0.2) is 0 Å². The second-order valence-corrected chi connectivity index (χ2v) is 7.55. The number of aliphatic hydroxyl groups excluding tert-OH is 1. The van der Waals surface area contributed by atoms with Gasteiger partial charge in [-0.05, 0) is 37.2 Å². The lowest BCUT2D eigenvalue weighted by atomic mass is 10.1. The Kier molecular flexibility index (Phi) is 6.70. The first-order valence-corrected chi connectivity index (χ1v) is 9.66. The van der Waals surface area contributed by atoms with E-state index in [-0.39, 0.29) is 24.5 Å². The third-order valence-corrected chi connectivity index (χ3v) is 5.43. The van der Waals surface area contributed by atoms with E-state index in [0.29, 0.717) is 23.7 Å². The van der Waals surface area contributed by atoms with Crippen molar-refractivity contribution in [1.29, 1.82) is 0 Å². The molecule has 148 valence electrons. The highest BCUT2D eigenvalue weighted by molar-refractivity contribution is 6.30. The van der Waals surface area contributed by atoms with Crippen molar-refractivity contribution >= 4 is 23.4 Å². The fourth-order valence-electron chi connectivity index (χ4n) is 3.55. The smallest absolute Gasteiger partial charge is 0.251 e. The molecule has 7 nitrogen and oxygen atoms in total. The number of aliphatic hydroxyl groups is 1. The summed E-state index contributed by atoms with van der Waals surface area (Å²) in [5.74, 6) is -0.161. The molecule has 0 spiro atoms. The average molecular weight is 396 g/mol. The minimum absolute atomic E-state index is 0.0963. The summed E-state index contributed by atoms with van der Waals surface area (Å²) in [5, 5.41) is 14.0. The van der Waals surface area contributed by atoms with E-state index in [1.807, 2.05) is 4.90 Å². The van der Waals surface area contributed by atoms with Gasteiger partial charge in [0.25, 0.3) is 5.91 Å². The Morgan fingerprint density at radius 1 is 1.22 bits per heavy atom. The van der Waals surface area contributed by atoms with Gasteiger partial charge in [0.05, 0.1) is 18.8 Å². The molecule has 0 aromatic heterocycles. The van der Waals surface area contributed by atoms with Crippen LogP contribution in [0.15, 0.2) is 24.3 Å². The molecule has 2 aliphatic heterocycles. The fraction of sp³-hybridized carbons (Fsp3) is 0.579. The predicted octanol–water partition coefficient (Wildman–Crippen LogP) is 0.752. The molecule has 0 radical (unpaired) electrons. The molecule has 8 heteroatoms. The normalized spacial score (nSPS) is 26.6. The summed E-state index contributed by atoms with van der Waals surface area (Å²) in [6, 6.07) is 6.17. The average Bonchev–Trinajstić information content (AvgIpc) is 2.85. The van der Waals surface area contributed by atoms with Crippen LogP contribution < -0.4 is 5.32 Å². The Balaban J connectivity index is 1.50. The van der Waals surface area contributed by atoms with Crippen molar-refractivity contribution < 1.29 is 19.4 Å². The summed E-state index contributed by atoms with van der Waals surface area (Å²) in [6.45, 7) is 5.52. The van der Waals surface area contributed by atoms with Gasteiger partial charge in [0.2, 0.25) is 5.91 Å². The van der Waals surface area contributed by atoms with E-state index in [1.165, 1.54) is 0 Å². The third-order valence-electron chi connectivity index (χ3n) is 5.18. The van der Waals surface area contributed by atoms with Crippen LogP contribution in [0.25, 0.3) is 0 Å². The van der Waals surface area contributed by atoms with Crippen LogP contribution in [0.4, 0.5) is 0 Å². The largest absolute Gasteiger partial charge is 0.388 e. The lowest BCUT2D eigenvalue weighted by Gasteiger charge is -2.26. The van der Waals surface area contributed by atoms with Crippen molar-refractivity contribution in [2.45, 2.75) is 31.6 Å². The number of ether oxygens (including phenoxy) is 1. The predicted molar refractivity (Wildman–Crippen MR) is 102 cm³/mol. The maximum atomic E-state index is 12.3. The topological polar surface area (TPSA) is 82.1 Å². The monoisotopic (exact) mass is 395 g/mol. The summed E-state index contributed by atoms with van der Waals surface area (Å²) >= 11 is 5.84. The van der Waals surface area contributed by atoms with Gasteiger partial charge in [-0.15, -0.1) is 0 Å². The minimum Gasteiger partial charge on any atom is -0.388 e. The van der Waals surface area contributed by atoms with Gasteiger partial charge in [0, 0.05) is 43.7 Å². The van der Waals surface area contributed by atoms with E-state index in [9.17, 15) is 14.7 Å². The highest BCUT2D eigenvalue weighted by Crippen LogP contribution is 2.18. The number of nitrogens with zero attached hydrogens (tertiary/aromatic N) is 2. The van der Waals surface area contributed by atoms with Crippen LogP contribution in [0, 0.1) is 0 Å². The number of carbonyl (C=O) groups excluding carboxylic acids is 2. The molecular formula is C19H26ClN3O4. The van der Waals surface area contributed by atoms with Crippen molar-refractivity contribution in [2.75, 3.05) is 39.3 Å². The standard InChI is InChI=1S/C19H26ClN3O4/c1-13(24)23-8-2-7-22(9-10-23)11-17-18(25)16(12-27-17)21-19(26)14-3-5-15(20)6-4-14/h3-6,16-18,25H,2,7-12H2,1H3,(H,21,26)/t16-,17-,18+/m0/s1. The van der Waals surface area contributed by atoms with Crippen LogP contribution in [0.1, 0.15) is 23.7 Å². The quantitative estimate of drug-likeness (QED) is 0.786. The lowest BCUT2D eigenvalue weighted by Crippen LogP contribution is -2.47. The van der Waals surface area contributed by atoms with Gasteiger partial charge < -0.3 is 20.1 Å². The molecule has 0 saturated carbocycles. The highest BCUT2D eigenvalue weighted by atomic mass is 35.5. The van der Waals surface area contributed by atoms with E-state index in [4.69, 9.17) is 16.3 Å². The first-order chi connectivity index (χ1) is 12.9. The van der Waals surface area contributed by atoms with Crippen LogP contribution in [0.5, 0.6) is 0 Å². The Morgan fingerprint density at radius 3 is 2.67 bits per heavy atom. The Labute approximate surface area is 164 Å². The van der Waals surface area contributed by atoms with Gasteiger partial charge in [-0.25, -0.2) is 0 Å². The summed E-state index contributed by atoms with van der Waals surface area (Å²) in [4.78, 5) is 27.9. The molecule has 0 bridgehead atoms. The Hall–Kier alpha value is -1.67. The molecule has 1 aromatic carbocycles. The molecule has 1 aromatic rings. The number of hydrogen-bond acceptors (Lipinski definition) is 5. The van der Waals surface area contributed by atoms with E-state index >= 15 is 0 Å². The number of amides is 2. The Bertz CT molecular complexity index is 669. The van der Waals surface area contributed by atoms with E-state index in [1.54, 1.807) is 31.2 Å². The fourth-order valence-corrected chi connectivity index (χ4v) is 3.67. The molecule has 27 heavy (non-hydrogen) atoms. The van der Waals surface area contributed by atoms with Crippen LogP contribution in [0.2, 0.25) is 5.02 Å². The number of rotatable bonds is 4. The zero-order valence-corrected chi connectivity index (χ0v) is 16.2. The molecular weight excluding hydrogens is 370 g/mol. The first-order valence-electron chi connectivity index (χ1n) is 9.28. The first kappa shape index (κ1) is 20.1. The number of carbonyl (C=O) groups is 2. The lowest BCUT2D eigenvalue weighted by molar-refractivity contribution is -0.128. The molecule has 3 rings (SSSR count). The van der Waals surface area contributed by atoms with Crippen LogP contribution >= 0.6 is 11.6 Å². The molecule has 2 aliphatic rings. The van der Waals surface area contributed by atoms with Crippen molar-refractivity contribution in [3.63, 3.8) is 0 Å². The molecule has 0 unspecified atom stereocenters. The summed E-state index contributed by atoms with van der Waals surface area (Å²) in [5.41, 5.74) is 0.492. The molecule has 2 amide bonds. The van der Waals surface area contributed by atoms with Crippen molar-refractivity contribution in [2.24, 2.45) is 0 Å². The van der Waals surface area contributed by atoms with Gasteiger partial charge in [-0.3, -0.25) is 14.5 Å². The molecule has 2 fully saturated rings. The maximum absolute atomic E-state index is 12.3. The molecule has 2 N–H and O–H groups in total. The SMILES string of the molecule is CC(=O)N1CCCN(C[C@@H]2OC[C@H](NC(=O)c3ccc(Cl)cc3)[C@H]2O)CC1. The zero-order chi connectivity index (χ0) is 19.4. The molecule has 2 heterocycles. The van der Waals surface area contributed by atoms with Crippen molar-refractivity contribution in [3.05, 3.63) is 34.9 Å². The maximum Gasteiger partial charge on any atom is 0.251 e. The number of halogens is 1. The number of hydrogen-bond donors (Lipinski definition) is 2. The highest BCUT2D eigenvalue weighted by Gasteiger charge is 2.38. The van der Waals surface area contributed by atoms with Crippen molar-refractivity contribution in [3.8, 4) is 0 Å². The van der Waals surface area contributed by atoms with Gasteiger partial charge in [-0.2, -0.15) is 0 Å². The molecule has 0 aliphatic carbocycles. The van der Waals surface area contributed by atoms with E-state index in [0.717, 1.165) is 26.1 Å². The second-order valence-electron chi connectivity index (χ2n) is 7.11. The van der Waals surface area contributed by atoms with Crippen LogP contribution in [0.3, 0.4) is 0 Å². The van der Waals surface area contributed by atoms with Crippen LogP contribution in [-0.4, -0.2) is 84.3 Å². The van der Waals surface area contributed by atoms with E-state index in [2.05, 4.69) is 10.2 Å². The second kappa shape index (κ2) is 9.01. The van der Waals surface area contributed by atoms with E-state index < -0.39 is 12.1 Å². The van der Waals surface area contributed by atoms with Gasteiger partial charge in [-0.1, -0.05) is 11.6 Å². The molecule has 2 saturated heterocycles. The van der Waals surface area contributed by atoms with Crippen molar-refractivity contribution in [1.82, 2.24) is 15.1 Å². The van der Waals surface area contributed by atoms with Crippen LogP contribution in [-0.2, 0) is 9.53 Å². The minimum atomic E-state index is -0.770. The zero-order valence-electron chi connectivity index (χ0n) is 15.4. The van der Waals surface area contributed by atoms with Gasteiger partial charge in [0.1, 0.15) is 6.10 Å². The molecule has 3 atom stereocenters. The summed E-state index contributed by atoms with van der Waals surface area (Å²) in [6.07, 6.45) is -0.225. The Morgan fingerprint density at radius 2 is 1.96 bits per heavy atom. The number of nitrogens with one attached hydrogen (secondary N) is 1. The van der Waals surface area contributed by atoms with Gasteiger partial charge >= 0.3 is 0 Å². The summed E-state index contributed by atoms with van der Waals surface area (Å²) < 4.78 is 5.74. The third kappa shape index (κ3) is 5.19. The summed E-state index contributed by atoms with van der Waals surface area (Å²) in [7, 11) is 0. The number of benzene rings is 1.